The van der Waals surface area contributed by atoms with Crippen LogP contribution in [0.4, 0.5) is 0 Å². The Kier molecular flexibility index (Phi) is 5.76. The Bertz CT molecular complexity index is 457. The number of hydrogen-bond acceptors (Lipinski definition) is 3. The van der Waals surface area contributed by atoms with Crippen molar-refractivity contribution >= 4 is 22.4 Å². The maximum absolute atomic E-state index is 12.0. The Morgan fingerprint density at radius 3 is 2.06 bits per heavy atom. The summed E-state index contributed by atoms with van der Waals surface area (Å²) < 4.78 is 12.3. The van der Waals surface area contributed by atoms with Crippen molar-refractivity contribution in [1.29, 1.82) is 0 Å². The Labute approximate surface area is 134 Å². The zero-order chi connectivity index (χ0) is 12.3. The molecule has 0 aromatic carbocycles. The van der Waals surface area contributed by atoms with E-state index in [9.17, 15) is 4.79 Å². The number of rotatable bonds is 3. The molecule has 18 heavy (non-hydrogen) atoms. The van der Waals surface area contributed by atoms with Gasteiger partial charge in [0.2, 0.25) is 0 Å². The fourth-order valence-corrected chi connectivity index (χ4v) is 7.67. The van der Waals surface area contributed by atoms with Crippen LogP contribution in [0.1, 0.15) is 0 Å². The third-order valence-corrected chi connectivity index (χ3v) is 8.27. The maximum Gasteiger partial charge on any atom is -1.00 e. The van der Waals surface area contributed by atoms with Crippen LogP contribution in [0.3, 0.4) is 0 Å². The molecule has 1 aliphatic carbocycles. The first kappa shape index (κ1) is 18.6. The van der Waals surface area contributed by atoms with Gasteiger partial charge in [0.1, 0.15) is 0 Å². The van der Waals surface area contributed by atoms with Gasteiger partial charge in [-0.3, -0.25) is 0 Å². The summed E-state index contributed by atoms with van der Waals surface area (Å²) in [5.41, 5.74) is 0. The Morgan fingerprint density at radius 2 is 1.67 bits per heavy atom. The molecule has 0 amide bonds. The molecule has 1 unspecified atom stereocenters. The molecule has 99 valence electrons. The average Bonchev–Trinajstić information content (AvgIpc) is 2.69. The molecule has 3 nitrogen and oxygen atoms in total. The van der Waals surface area contributed by atoms with E-state index in [1.165, 1.54) is 5.20 Å². The van der Waals surface area contributed by atoms with Gasteiger partial charge in [-0.1, -0.05) is 0 Å². The summed E-state index contributed by atoms with van der Waals surface area (Å²) in [6.07, 6.45) is 0. The second-order valence-corrected chi connectivity index (χ2v) is 13.9. The summed E-state index contributed by atoms with van der Waals surface area (Å²) in [6, 6.07) is 0. The van der Waals surface area contributed by atoms with Crippen LogP contribution in [0.2, 0.25) is 26.2 Å². The van der Waals surface area contributed by atoms with Crippen molar-refractivity contribution in [3.05, 3.63) is 20.0 Å². The Balaban J connectivity index is 0.00000144. The van der Waals surface area contributed by atoms with Gasteiger partial charge in [-0.15, -0.1) is 0 Å². The minimum absolute atomic E-state index is 0. The van der Waals surface area contributed by atoms with E-state index in [4.69, 9.17) is 8.85 Å². The molecule has 0 aromatic rings. The molecule has 0 bridgehead atoms. The van der Waals surface area contributed by atoms with Crippen LogP contribution in [0.15, 0.2) is 20.0 Å². The third-order valence-electron chi connectivity index (χ3n) is 2.87. The number of fused-ring (bicyclic) bond motifs is 1. The first-order valence-electron chi connectivity index (χ1n) is 5.22. The van der Waals surface area contributed by atoms with E-state index in [0.717, 1.165) is 9.07 Å². The molecule has 1 saturated heterocycles. The fourth-order valence-electron chi connectivity index (χ4n) is 2.00. The van der Waals surface area contributed by atoms with E-state index >= 15 is 0 Å². The van der Waals surface area contributed by atoms with Gasteiger partial charge in [0, 0.05) is 0 Å². The van der Waals surface area contributed by atoms with Crippen molar-refractivity contribution in [3.63, 3.8) is 0 Å². The van der Waals surface area contributed by atoms with Crippen molar-refractivity contribution < 1.29 is 58.9 Å². The molecule has 0 radical (unpaired) electrons. The zero-order valence-electron chi connectivity index (χ0n) is 11.0. The number of carbonyl (C=O) groups excluding carboxylic acids is 1. The van der Waals surface area contributed by atoms with E-state index < -0.39 is 16.6 Å². The molecule has 2 rings (SSSR count). The molecule has 1 atom stereocenters. The van der Waals surface area contributed by atoms with Crippen molar-refractivity contribution in [1.82, 2.24) is 0 Å². The predicted molar refractivity (Wildman–Crippen MR) is 62.1 cm³/mol. The van der Waals surface area contributed by atoms with Gasteiger partial charge in [-0.25, -0.2) is 0 Å². The van der Waals surface area contributed by atoms with E-state index in [-0.39, 0.29) is 30.6 Å². The molecule has 0 aromatic heterocycles. The zero-order valence-corrected chi connectivity index (χ0v) is 16.1. The summed E-state index contributed by atoms with van der Waals surface area (Å²) in [7, 11) is -1.85. The van der Waals surface area contributed by atoms with Gasteiger partial charge in [-0.2, -0.15) is 0 Å². The van der Waals surface area contributed by atoms with Crippen molar-refractivity contribution in [2.24, 2.45) is 0 Å². The first-order chi connectivity index (χ1) is 7.22. The Morgan fingerprint density at radius 1 is 1.17 bits per heavy atom. The molecule has 0 saturated carbocycles. The molecule has 8 heteroatoms. The van der Waals surface area contributed by atoms with Crippen molar-refractivity contribution in [2.45, 2.75) is 26.2 Å². The van der Waals surface area contributed by atoms with Crippen LogP contribution < -0.4 is 24.8 Å². The summed E-state index contributed by atoms with van der Waals surface area (Å²) in [4.78, 5) is 12.0. The number of halogens is 2. The molecule has 0 spiro atoms. The number of hydrogen-bond donors (Lipinski definition) is 0. The summed E-state index contributed by atoms with van der Waals surface area (Å²) >= 11 is 1.88. The molecular formula is C10H15Cl2O3Si2Ti. The van der Waals surface area contributed by atoms with Gasteiger partial charge in [0.15, 0.2) is 0 Å². The van der Waals surface area contributed by atoms with Gasteiger partial charge in [0.05, 0.1) is 0 Å². The van der Waals surface area contributed by atoms with Crippen LogP contribution in [0.5, 0.6) is 0 Å². The first-order valence-corrected chi connectivity index (χ1v) is 11.8. The SMILES string of the molecule is CO[Si]1(C)C2=[C]([Ti+2])C(=O)C(O[Si](C)(C)C)=C21.[Cl-].[Cl-]. The second-order valence-electron chi connectivity index (χ2n) is 5.24. The monoisotopic (exact) mass is 357 g/mol. The topological polar surface area (TPSA) is 35.5 Å². The van der Waals surface area contributed by atoms with E-state index in [2.05, 4.69) is 26.2 Å². The van der Waals surface area contributed by atoms with Crippen molar-refractivity contribution in [3.8, 4) is 0 Å². The van der Waals surface area contributed by atoms with E-state index in [1.54, 1.807) is 7.11 Å². The minimum Gasteiger partial charge on any atom is -1.00 e. The summed E-state index contributed by atoms with van der Waals surface area (Å²) in [5, 5.41) is 2.29. The van der Waals surface area contributed by atoms with Gasteiger partial charge < -0.3 is 24.8 Å². The second kappa shape index (κ2) is 5.56. The maximum atomic E-state index is 12.0. The third kappa shape index (κ3) is 2.73. The molecule has 1 aliphatic heterocycles. The molecular weight excluding hydrogens is 343 g/mol. The smallest absolute Gasteiger partial charge is 1.00 e. The quantitative estimate of drug-likeness (QED) is 0.480. The normalized spacial score (nSPS) is 25.6. The standard InChI is InChI=1S/C10H15O3Si2.2ClH.Ti/c1-12-15(5)8-6-7(11)9(10(8)15)13-14(2,3)4;;;/h1-5H3;2*1H;/q;;;+2/p-2. The molecule has 2 aliphatic rings. The van der Waals surface area contributed by atoms with Gasteiger partial charge >= 0.3 is 110 Å². The van der Waals surface area contributed by atoms with Crippen LogP contribution in [-0.4, -0.2) is 29.5 Å². The number of carbonyl (C=O) groups is 1. The van der Waals surface area contributed by atoms with Crippen LogP contribution in [0.25, 0.3) is 0 Å². The van der Waals surface area contributed by atoms with Crippen molar-refractivity contribution in [2.75, 3.05) is 7.11 Å². The van der Waals surface area contributed by atoms with Crippen LogP contribution in [-0.2, 0) is 34.1 Å². The minimum atomic E-state index is -1.86. The molecule has 0 N–H and O–H groups in total. The van der Waals surface area contributed by atoms with Crippen LogP contribution >= 0.6 is 0 Å². The van der Waals surface area contributed by atoms with Gasteiger partial charge in [0.25, 0.3) is 0 Å². The summed E-state index contributed by atoms with van der Waals surface area (Å²) in [5.74, 6) is 0.678. The number of Topliss-reactive ketones (excluding diaryl/α,β-unsaturated/α-hetero) is 1. The largest absolute Gasteiger partial charge is 1.00 e. The van der Waals surface area contributed by atoms with E-state index in [1.807, 2.05) is 20.4 Å². The number of ketones is 1. The van der Waals surface area contributed by atoms with E-state index in [0.29, 0.717) is 5.76 Å². The van der Waals surface area contributed by atoms with Crippen LogP contribution in [0, 0.1) is 0 Å². The predicted octanol–water partition coefficient (Wildman–Crippen LogP) is -4.20. The number of allylic oxidation sites excluding steroid dienone is 3. The Hall–Kier alpha value is 0.638. The summed E-state index contributed by atoms with van der Waals surface area (Å²) in [6.45, 7) is 8.40. The fraction of sp³-hybridized carbons (Fsp3) is 0.500. The molecule has 1 fully saturated rings. The van der Waals surface area contributed by atoms with Gasteiger partial charge in [-0.05, 0) is 0 Å². The average molecular weight is 358 g/mol. The molecule has 1 heterocycles.